The maximum absolute atomic E-state index is 12.5. The zero-order valence-electron chi connectivity index (χ0n) is 10.7. The van der Waals surface area contributed by atoms with Gasteiger partial charge in [-0.1, -0.05) is 18.2 Å². The van der Waals surface area contributed by atoms with Crippen molar-refractivity contribution in [1.82, 2.24) is 4.90 Å². The van der Waals surface area contributed by atoms with Gasteiger partial charge in [-0.2, -0.15) is 0 Å². The molecule has 3 rings (SSSR count). The second kappa shape index (κ2) is 5.19. The lowest BCUT2D eigenvalue weighted by Crippen LogP contribution is -2.55. The highest BCUT2D eigenvalue weighted by Gasteiger charge is 2.36. The Kier molecular flexibility index (Phi) is 3.40. The number of para-hydroxylation sites is 1. The lowest BCUT2D eigenvalue weighted by Gasteiger charge is -2.36. The smallest absolute Gasteiger partial charge is 0.264 e. The van der Waals surface area contributed by atoms with E-state index in [1.807, 2.05) is 24.3 Å². The van der Waals surface area contributed by atoms with Crippen molar-refractivity contribution in [2.75, 3.05) is 26.3 Å². The molecule has 0 bridgehead atoms. The van der Waals surface area contributed by atoms with E-state index in [0.29, 0.717) is 32.7 Å². The van der Waals surface area contributed by atoms with Crippen molar-refractivity contribution in [1.29, 1.82) is 0 Å². The molecule has 1 fully saturated rings. The van der Waals surface area contributed by atoms with Crippen molar-refractivity contribution in [2.45, 2.75) is 18.6 Å². The Morgan fingerprint density at radius 3 is 3.05 bits per heavy atom. The van der Waals surface area contributed by atoms with Gasteiger partial charge in [0.2, 0.25) is 0 Å². The normalized spacial score (nSPS) is 25.8. The average Bonchev–Trinajstić information content (AvgIpc) is 2.90. The van der Waals surface area contributed by atoms with Gasteiger partial charge in [0.25, 0.3) is 5.91 Å². The summed E-state index contributed by atoms with van der Waals surface area (Å²) in [6.45, 7) is 2.10. The first kappa shape index (κ1) is 12.4. The standard InChI is InChI=1S/C14H18N2O3/c15-8-11-9-18-6-5-16(11)14(17)13-7-10-3-1-2-4-12(10)19-13/h1-4,11,13H,5-9,15H2. The summed E-state index contributed by atoms with van der Waals surface area (Å²) >= 11 is 0. The molecular weight excluding hydrogens is 244 g/mol. The van der Waals surface area contributed by atoms with Crippen molar-refractivity contribution >= 4 is 5.91 Å². The molecule has 2 unspecified atom stereocenters. The molecule has 0 spiro atoms. The molecule has 1 amide bonds. The molecule has 5 heteroatoms. The van der Waals surface area contributed by atoms with Gasteiger partial charge in [-0.15, -0.1) is 0 Å². The van der Waals surface area contributed by atoms with Crippen LogP contribution >= 0.6 is 0 Å². The van der Waals surface area contributed by atoms with E-state index in [2.05, 4.69) is 0 Å². The molecule has 2 aliphatic heterocycles. The van der Waals surface area contributed by atoms with Gasteiger partial charge in [-0.3, -0.25) is 4.79 Å². The molecule has 0 saturated carbocycles. The number of rotatable bonds is 2. The molecule has 102 valence electrons. The number of nitrogens with zero attached hydrogens (tertiary/aromatic N) is 1. The molecule has 1 aromatic carbocycles. The summed E-state index contributed by atoms with van der Waals surface area (Å²) in [5.41, 5.74) is 6.80. The van der Waals surface area contributed by atoms with E-state index in [1.54, 1.807) is 4.90 Å². The predicted molar refractivity (Wildman–Crippen MR) is 69.9 cm³/mol. The Balaban J connectivity index is 1.72. The number of fused-ring (bicyclic) bond motifs is 1. The molecule has 0 aliphatic carbocycles. The SMILES string of the molecule is NCC1COCCN1C(=O)C1Cc2ccccc2O1. The number of nitrogens with two attached hydrogens (primary N) is 1. The van der Waals surface area contributed by atoms with Crippen LogP contribution in [0.1, 0.15) is 5.56 Å². The summed E-state index contributed by atoms with van der Waals surface area (Å²) in [6, 6.07) is 7.76. The minimum absolute atomic E-state index is 0.0231. The number of benzene rings is 1. The van der Waals surface area contributed by atoms with E-state index < -0.39 is 6.10 Å². The third kappa shape index (κ3) is 2.31. The van der Waals surface area contributed by atoms with Crippen molar-refractivity contribution in [3.8, 4) is 5.75 Å². The number of amides is 1. The summed E-state index contributed by atoms with van der Waals surface area (Å²) in [5, 5.41) is 0. The van der Waals surface area contributed by atoms with E-state index in [9.17, 15) is 4.79 Å². The van der Waals surface area contributed by atoms with E-state index in [4.69, 9.17) is 15.2 Å². The van der Waals surface area contributed by atoms with E-state index >= 15 is 0 Å². The van der Waals surface area contributed by atoms with Crippen LogP contribution in [-0.2, 0) is 16.0 Å². The van der Waals surface area contributed by atoms with E-state index in [-0.39, 0.29) is 11.9 Å². The van der Waals surface area contributed by atoms with Crippen LogP contribution in [0.3, 0.4) is 0 Å². The molecule has 2 N–H and O–H groups in total. The first-order valence-electron chi connectivity index (χ1n) is 6.62. The zero-order valence-corrected chi connectivity index (χ0v) is 10.7. The number of hydrogen-bond acceptors (Lipinski definition) is 4. The van der Waals surface area contributed by atoms with Gasteiger partial charge >= 0.3 is 0 Å². The van der Waals surface area contributed by atoms with Crippen LogP contribution in [0.2, 0.25) is 0 Å². The molecule has 2 heterocycles. The summed E-state index contributed by atoms with van der Waals surface area (Å²) in [7, 11) is 0. The number of carbonyl (C=O) groups excluding carboxylic acids is 1. The van der Waals surface area contributed by atoms with Gasteiger partial charge in [-0.25, -0.2) is 0 Å². The number of hydrogen-bond donors (Lipinski definition) is 1. The summed E-state index contributed by atoms with van der Waals surface area (Å²) in [4.78, 5) is 14.3. The van der Waals surface area contributed by atoms with Gasteiger partial charge in [0.05, 0.1) is 19.3 Å². The Labute approximate surface area is 112 Å². The monoisotopic (exact) mass is 262 g/mol. The van der Waals surface area contributed by atoms with Crippen LogP contribution in [0, 0.1) is 0 Å². The fourth-order valence-corrected chi connectivity index (χ4v) is 2.65. The van der Waals surface area contributed by atoms with Crippen LogP contribution < -0.4 is 10.5 Å². The maximum Gasteiger partial charge on any atom is 0.264 e. The molecule has 19 heavy (non-hydrogen) atoms. The second-order valence-electron chi connectivity index (χ2n) is 4.91. The Morgan fingerprint density at radius 1 is 1.42 bits per heavy atom. The van der Waals surface area contributed by atoms with Crippen molar-refractivity contribution in [3.05, 3.63) is 29.8 Å². The van der Waals surface area contributed by atoms with E-state index in [1.165, 1.54) is 0 Å². The Morgan fingerprint density at radius 2 is 2.26 bits per heavy atom. The number of ether oxygens (including phenoxy) is 2. The first-order chi connectivity index (χ1) is 9.29. The minimum atomic E-state index is -0.412. The van der Waals surface area contributed by atoms with Gasteiger partial charge in [0.15, 0.2) is 6.10 Å². The van der Waals surface area contributed by atoms with Crippen LogP contribution in [0.15, 0.2) is 24.3 Å². The molecule has 2 atom stereocenters. The second-order valence-corrected chi connectivity index (χ2v) is 4.91. The number of morpholine rings is 1. The zero-order chi connectivity index (χ0) is 13.2. The van der Waals surface area contributed by atoms with Crippen LogP contribution in [0.4, 0.5) is 0 Å². The first-order valence-corrected chi connectivity index (χ1v) is 6.62. The van der Waals surface area contributed by atoms with Crippen LogP contribution in [0.25, 0.3) is 0 Å². The topological polar surface area (TPSA) is 64.8 Å². The molecule has 1 saturated heterocycles. The fraction of sp³-hybridized carbons (Fsp3) is 0.500. The Bertz CT molecular complexity index is 453. The lowest BCUT2D eigenvalue weighted by molar-refractivity contribution is -0.146. The summed E-state index contributed by atoms with van der Waals surface area (Å²) in [5.74, 6) is 0.841. The third-order valence-electron chi connectivity index (χ3n) is 3.71. The van der Waals surface area contributed by atoms with E-state index in [0.717, 1.165) is 11.3 Å². The minimum Gasteiger partial charge on any atom is -0.480 e. The predicted octanol–water partition coefficient (Wildman–Crippen LogP) is 0.176. The fourth-order valence-electron chi connectivity index (χ4n) is 2.65. The molecule has 0 radical (unpaired) electrons. The highest BCUT2D eigenvalue weighted by atomic mass is 16.5. The third-order valence-corrected chi connectivity index (χ3v) is 3.71. The number of carbonyl (C=O) groups is 1. The van der Waals surface area contributed by atoms with Gasteiger partial charge < -0.3 is 20.1 Å². The molecule has 5 nitrogen and oxygen atoms in total. The van der Waals surface area contributed by atoms with Crippen LogP contribution in [0.5, 0.6) is 5.75 Å². The van der Waals surface area contributed by atoms with Gasteiger partial charge in [0.1, 0.15) is 5.75 Å². The molecule has 0 aromatic heterocycles. The largest absolute Gasteiger partial charge is 0.480 e. The average molecular weight is 262 g/mol. The molecular formula is C14H18N2O3. The maximum atomic E-state index is 12.5. The van der Waals surface area contributed by atoms with Gasteiger partial charge in [-0.05, 0) is 11.6 Å². The van der Waals surface area contributed by atoms with Crippen LogP contribution in [-0.4, -0.2) is 49.3 Å². The quantitative estimate of drug-likeness (QED) is 0.825. The summed E-state index contributed by atoms with van der Waals surface area (Å²) < 4.78 is 11.1. The lowest BCUT2D eigenvalue weighted by atomic mass is 10.1. The molecule has 1 aromatic rings. The van der Waals surface area contributed by atoms with Crippen molar-refractivity contribution in [3.63, 3.8) is 0 Å². The molecule has 2 aliphatic rings. The highest BCUT2D eigenvalue weighted by Crippen LogP contribution is 2.29. The van der Waals surface area contributed by atoms with Crippen molar-refractivity contribution < 1.29 is 14.3 Å². The Hall–Kier alpha value is -1.59. The van der Waals surface area contributed by atoms with Crippen molar-refractivity contribution in [2.24, 2.45) is 5.73 Å². The van der Waals surface area contributed by atoms with Gasteiger partial charge in [0, 0.05) is 19.5 Å². The summed E-state index contributed by atoms with van der Waals surface area (Å²) in [6.07, 6.45) is 0.230. The highest BCUT2D eigenvalue weighted by molar-refractivity contribution is 5.83.